The van der Waals surface area contributed by atoms with E-state index in [4.69, 9.17) is 10.5 Å². The predicted molar refractivity (Wildman–Crippen MR) is 70.6 cm³/mol. The van der Waals surface area contributed by atoms with Crippen LogP contribution in [0.3, 0.4) is 0 Å². The normalized spacial score (nSPS) is 11.8. The molecule has 96 valence electrons. The van der Waals surface area contributed by atoms with Gasteiger partial charge < -0.3 is 10.5 Å². The molecule has 0 aliphatic rings. The number of hydrogen-bond acceptors (Lipinski definition) is 4. The van der Waals surface area contributed by atoms with Crippen molar-refractivity contribution in [2.45, 2.75) is 11.8 Å². The van der Waals surface area contributed by atoms with E-state index in [2.05, 4.69) is 15.9 Å². The Bertz CT molecular complexity index is 517. The highest BCUT2D eigenvalue weighted by atomic mass is 79.9. The first kappa shape index (κ1) is 14.3. The summed E-state index contributed by atoms with van der Waals surface area (Å²) in [7, 11) is -0.637. The van der Waals surface area contributed by atoms with E-state index in [9.17, 15) is 8.42 Å². The van der Waals surface area contributed by atoms with Crippen LogP contribution in [-0.2, 0) is 10.0 Å². The fraction of sp³-hybridized carbons (Fsp3) is 0.400. The Morgan fingerprint density at radius 3 is 2.53 bits per heavy atom. The zero-order valence-corrected chi connectivity index (χ0v) is 12.3. The number of sulfonamides is 1. The van der Waals surface area contributed by atoms with E-state index in [0.717, 1.165) is 0 Å². The summed E-state index contributed by atoms with van der Waals surface area (Å²) in [4.78, 5) is 0.0741. The molecule has 0 aliphatic heterocycles. The van der Waals surface area contributed by atoms with Crippen LogP contribution in [0, 0.1) is 0 Å². The molecule has 1 aromatic rings. The van der Waals surface area contributed by atoms with Gasteiger partial charge >= 0.3 is 0 Å². The van der Waals surface area contributed by atoms with E-state index in [1.807, 2.05) is 0 Å². The predicted octanol–water partition coefficient (Wildman–Crippen LogP) is 1.68. The largest absolute Gasteiger partial charge is 0.495 e. The van der Waals surface area contributed by atoms with E-state index < -0.39 is 10.0 Å². The summed E-state index contributed by atoms with van der Waals surface area (Å²) in [6.07, 6.45) is 0. The Morgan fingerprint density at radius 1 is 1.47 bits per heavy atom. The topological polar surface area (TPSA) is 72.6 Å². The van der Waals surface area contributed by atoms with Gasteiger partial charge in [-0.05, 0) is 28.1 Å². The summed E-state index contributed by atoms with van der Waals surface area (Å²) in [6, 6.07) is 2.94. The zero-order valence-electron chi connectivity index (χ0n) is 9.90. The van der Waals surface area contributed by atoms with Gasteiger partial charge in [0.25, 0.3) is 0 Å². The summed E-state index contributed by atoms with van der Waals surface area (Å²) in [5.74, 6) is 0.270. The van der Waals surface area contributed by atoms with Crippen molar-refractivity contribution in [3.8, 4) is 5.75 Å². The quantitative estimate of drug-likeness (QED) is 0.856. The lowest BCUT2D eigenvalue weighted by atomic mass is 10.3. The third-order valence-electron chi connectivity index (χ3n) is 2.42. The van der Waals surface area contributed by atoms with Crippen molar-refractivity contribution < 1.29 is 13.2 Å². The van der Waals surface area contributed by atoms with Crippen LogP contribution >= 0.6 is 15.9 Å². The molecule has 1 aromatic carbocycles. The van der Waals surface area contributed by atoms with E-state index in [1.54, 1.807) is 13.0 Å². The number of methoxy groups -OCH3 is 1. The molecule has 0 aromatic heterocycles. The number of rotatable bonds is 4. The highest BCUT2D eigenvalue weighted by Crippen LogP contribution is 2.33. The molecular weight excluding hydrogens is 308 g/mol. The number of anilines is 1. The van der Waals surface area contributed by atoms with Crippen molar-refractivity contribution in [3.05, 3.63) is 16.6 Å². The van der Waals surface area contributed by atoms with Gasteiger partial charge in [-0.25, -0.2) is 12.7 Å². The molecule has 0 fully saturated rings. The van der Waals surface area contributed by atoms with E-state index in [1.165, 1.54) is 24.5 Å². The third kappa shape index (κ3) is 2.72. The van der Waals surface area contributed by atoms with Gasteiger partial charge in [0.05, 0.1) is 7.11 Å². The van der Waals surface area contributed by atoms with Gasteiger partial charge in [0.1, 0.15) is 10.6 Å². The van der Waals surface area contributed by atoms with Crippen LogP contribution in [0.15, 0.2) is 21.5 Å². The number of halogens is 1. The molecule has 0 bridgehead atoms. The molecule has 0 saturated carbocycles. The van der Waals surface area contributed by atoms with Gasteiger partial charge in [0.2, 0.25) is 10.0 Å². The van der Waals surface area contributed by atoms with Gasteiger partial charge in [-0.3, -0.25) is 0 Å². The van der Waals surface area contributed by atoms with Crippen molar-refractivity contribution in [1.29, 1.82) is 0 Å². The lowest BCUT2D eigenvalue weighted by Gasteiger charge is -2.17. The molecule has 0 atom stereocenters. The van der Waals surface area contributed by atoms with Crippen molar-refractivity contribution >= 4 is 31.6 Å². The summed E-state index contributed by atoms with van der Waals surface area (Å²) in [6.45, 7) is 2.13. The van der Waals surface area contributed by atoms with Gasteiger partial charge in [-0.15, -0.1) is 0 Å². The van der Waals surface area contributed by atoms with Crippen LogP contribution < -0.4 is 10.5 Å². The molecular formula is C10H15BrN2O3S. The zero-order chi connectivity index (χ0) is 13.2. The molecule has 1 rings (SSSR count). The first-order chi connectivity index (χ1) is 7.84. The number of ether oxygens (including phenoxy) is 1. The maximum absolute atomic E-state index is 12.2. The number of nitrogen functional groups attached to an aromatic ring is 1. The van der Waals surface area contributed by atoms with Crippen LogP contribution in [0.1, 0.15) is 6.92 Å². The summed E-state index contributed by atoms with van der Waals surface area (Å²) < 4.78 is 31.3. The molecule has 5 nitrogen and oxygen atoms in total. The third-order valence-corrected chi connectivity index (χ3v) is 5.06. The average Bonchev–Trinajstić information content (AvgIpc) is 2.30. The van der Waals surface area contributed by atoms with E-state index in [-0.39, 0.29) is 10.6 Å². The SMILES string of the molecule is CCN(C)S(=O)(=O)c1cc(N)c(Br)cc1OC. The van der Waals surface area contributed by atoms with Gasteiger partial charge in [0.15, 0.2) is 0 Å². The van der Waals surface area contributed by atoms with Gasteiger partial charge in [-0.1, -0.05) is 6.92 Å². The number of nitrogens with two attached hydrogens (primary N) is 1. The fourth-order valence-corrected chi connectivity index (χ4v) is 2.92. The minimum atomic E-state index is -3.56. The highest BCUT2D eigenvalue weighted by Gasteiger charge is 2.24. The van der Waals surface area contributed by atoms with Crippen molar-refractivity contribution in [3.63, 3.8) is 0 Å². The number of nitrogens with zero attached hydrogens (tertiary/aromatic N) is 1. The van der Waals surface area contributed by atoms with Crippen molar-refractivity contribution in [2.75, 3.05) is 26.4 Å². The van der Waals surface area contributed by atoms with Crippen LogP contribution in [0.5, 0.6) is 5.75 Å². The fourth-order valence-electron chi connectivity index (χ4n) is 1.25. The second-order valence-corrected chi connectivity index (χ2v) is 6.31. The second kappa shape index (κ2) is 5.24. The standard InChI is InChI=1S/C10H15BrN2O3S/c1-4-13(2)17(14,15)10-6-8(12)7(11)5-9(10)16-3/h5-6H,4,12H2,1-3H3. The molecule has 2 N–H and O–H groups in total. The second-order valence-electron chi connectivity index (χ2n) is 3.44. The minimum Gasteiger partial charge on any atom is -0.495 e. The number of hydrogen-bond donors (Lipinski definition) is 1. The van der Waals surface area contributed by atoms with Crippen molar-refractivity contribution in [1.82, 2.24) is 4.31 Å². The Kier molecular flexibility index (Phi) is 4.40. The first-order valence-electron chi connectivity index (χ1n) is 4.94. The number of benzene rings is 1. The Morgan fingerprint density at radius 2 is 2.06 bits per heavy atom. The molecule has 7 heteroatoms. The van der Waals surface area contributed by atoms with E-state index >= 15 is 0 Å². The molecule has 0 radical (unpaired) electrons. The Hall–Kier alpha value is -0.790. The average molecular weight is 323 g/mol. The summed E-state index contributed by atoms with van der Waals surface area (Å²) >= 11 is 3.23. The maximum Gasteiger partial charge on any atom is 0.246 e. The smallest absolute Gasteiger partial charge is 0.246 e. The Labute approximate surface area is 110 Å². The molecule has 0 aliphatic carbocycles. The molecule has 0 amide bonds. The molecule has 17 heavy (non-hydrogen) atoms. The highest BCUT2D eigenvalue weighted by molar-refractivity contribution is 9.10. The maximum atomic E-state index is 12.2. The molecule has 0 heterocycles. The van der Waals surface area contributed by atoms with Gasteiger partial charge in [-0.2, -0.15) is 0 Å². The molecule has 0 spiro atoms. The van der Waals surface area contributed by atoms with Crippen LogP contribution in [0.2, 0.25) is 0 Å². The lowest BCUT2D eigenvalue weighted by molar-refractivity contribution is 0.399. The van der Waals surface area contributed by atoms with E-state index in [0.29, 0.717) is 16.7 Å². The minimum absolute atomic E-state index is 0.0741. The monoisotopic (exact) mass is 322 g/mol. The summed E-state index contributed by atoms with van der Waals surface area (Å²) in [5, 5.41) is 0. The van der Waals surface area contributed by atoms with Crippen LogP contribution in [0.4, 0.5) is 5.69 Å². The van der Waals surface area contributed by atoms with Crippen molar-refractivity contribution in [2.24, 2.45) is 0 Å². The molecule has 0 saturated heterocycles. The Balaban J connectivity index is 3.45. The van der Waals surface area contributed by atoms with Crippen LogP contribution in [-0.4, -0.2) is 33.4 Å². The summed E-state index contributed by atoms with van der Waals surface area (Å²) in [5.41, 5.74) is 6.05. The van der Waals surface area contributed by atoms with Crippen LogP contribution in [0.25, 0.3) is 0 Å². The molecule has 0 unspecified atom stereocenters. The van der Waals surface area contributed by atoms with Gasteiger partial charge in [0, 0.05) is 23.8 Å². The lowest BCUT2D eigenvalue weighted by Crippen LogP contribution is -2.27. The first-order valence-corrected chi connectivity index (χ1v) is 7.17.